The summed E-state index contributed by atoms with van der Waals surface area (Å²) < 4.78 is 5.35. The molecule has 0 amide bonds. The van der Waals surface area contributed by atoms with Crippen LogP contribution in [0.2, 0.25) is 0 Å². The first-order valence-electron chi connectivity index (χ1n) is 8.13. The van der Waals surface area contributed by atoms with Crippen molar-refractivity contribution in [1.82, 2.24) is 15.1 Å². The smallest absolute Gasteiger partial charge is 0.193 e. The first kappa shape index (κ1) is 16.8. The zero-order valence-electron chi connectivity index (χ0n) is 13.8. The zero-order chi connectivity index (χ0) is 15.6. The molecule has 0 atom stereocenters. The van der Waals surface area contributed by atoms with Crippen LogP contribution in [0.25, 0.3) is 0 Å². The number of guanidine groups is 1. The largest absolute Gasteiger partial charge is 0.380 e. The van der Waals surface area contributed by atoms with Gasteiger partial charge in [-0.05, 0) is 12.5 Å². The van der Waals surface area contributed by atoms with Crippen LogP contribution >= 0.6 is 0 Å². The highest BCUT2D eigenvalue weighted by Gasteiger charge is 2.19. The van der Waals surface area contributed by atoms with Crippen molar-refractivity contribution in [3.8, 4) is 0 Å². The molecule has 22 heavy (non-hydrogen) atoms. The molecule has 1 aliphatic heterocycles. The fourth-order valence-corrected chi connectivity index (χ4v) is 2.67. The zero-order valence-corrected chi connectivity index (χ0v) is 13.8. The molecule has 1 N–H and O–H groups in total. The fraction of sp³-hybridized carbons (Fsp3) is 0.588. The van der Waals surface area contributed by atoms with E-state index in [1.807, 2.05) is 14.0 Å². The molecule has 0 spiro atoms. The molecule has 0 saturated carbocycles. The number of piperazine rings is 1. The third-order valence-electron chi connectivity index (χ3n) is 3.87. The van der Waals surface area contributed by atoms with Gasteiger partial charge in [0, 0.05) is 52.9 Å². The van der Waals surface area contributed by atoms with Gasteiger partial charge in [0.1, 0.15) is 0 Å². The number of hydrogen-bond acceptors (Lipinski definition) is 3. The van der Waals surface area contributed by atoms with E-state index in [0.717, 1.165) is 58.4 Å². The predicted molar refractivity (Wildman–Crippen MR) is 91.1 cm³/mol. The van der Waals surface area contributed by atoms with E-state index in [9.17, 15) is 0 Å². The van der Waals surface area contributed by atoms with Gasteiger partial charge in [-0.25, -0.2) is 0 Å². The molecule has 1 heterocycles. The molecule has 0 aliphatic carbocycles. The first-order chi connectivity index (χ1) is 10.8. The van der Waals surface area contributed by atoms with Crippen molar-refractivity contribution in [2.45, 2.75) is 13.5 Å². The Morgan fingerprint density at radius 2 is 1.91 bits per heavy atom. The Morgan fingerprint density at radius 1 is 1.18 bits per heavy atom. The SMILES string of the molecule is CCOCCNC(=NC)N1CCN(Cc2ccccc2)CC1. The van der Waals surface area contributed by atoms with Crippen LogP contribution in [0.15, 0.2) is 35.3 Å². The van der Waals surface area contributed by atoms with E-state index in [1.165, 1.54) is 5.56 Å². The molecule has 0 unspecified atom stereocenters. The first-order valence-corrected chi connectivity index (χ1v) is 8.13. The van der Waals surface area contributed by atoms with Crippen LogP contribution in [0.4, 0.5) is 0 Å². The number of nitrogens with zero attached hydrogens (tertiary/aromatic N) is 3. The van der Waals surface area contributed by atoms with Crippen molar-refractivity contribution in [3.63, 3.8) is 0 Å². The van der Waals surface area contributed by atoms with E-state index >= 15 is 0 Å². The van der Waals surface area contributed by atoms with Crippen LogP contribution in [0.1, 0.15) is 12.5 Å². The standard InChI is InChI=1S/C17H28N4O/c1-3-22-14-9-19-17(18-2)21-12-10-20(11-13-21)15-16-7-5-4-6-8-16/h4-8H,3,9-15H2,1-2H3,(H,18,19). The Bertz CT molecular complexity index is 441. The Morgan fingerprint density at radius 3 is 2.55 bits per heavy atom. The number of rotatable bonds is 6. The highest BCUT2D eigenvalue weighted by Crippen LogP contribution is 2.08. The predicted octanol–water partition coefficient (Wildman–Crippen LogP) is 1.42. The minimum atomic E-state index is 0.726. The van der Waals surface area contributed by atoms with Gasteiger partial charge in [0.15, 0.2) is 5.96 Å². The quantitative estimate of drug-likeness (QED) is 0.490. The van der Waals surface area contributed by atoms with Crippen LogP contribution in [0.5, 0.6) is 0 Å². The molecule has 0 bridgehead atoms. The second-order valence-electron chi connectivity index (χ2n) is 5.42. The lowest BCUT2D eigenvalue weighted by Gasteiger charge is -2.36. The van der Waals surface area contributed by atoms with Gasteiger partial charge in [-0.2, -0.15) is 0 Å². The van der Waals surface area contributed by atoms with Gasteiger partial charge in [0.05, 0.1) is 6.61 Å². The van der Waals surface area contributed by atoms with Crippen LogP contribution in [-0.4, -0.2) is 68.7 Å². The molecule has 122 valence electrons. The molecular formula is C17H28N4O. The number of benzene rings is 1. The molecule has 5 nitrogen and oxygen atoms in total. The molecule has 2 rings (SSSR count). The maximum absolute atomic E-state index is 5.35. The molecule has 1 fully saturated rings. The Balaban J connectivity index is 1.73. The van der Waals surface area contributed by atoms with Crippen molar-refractivity contribution in [2.75, 3.05) is 53.0 Å². The van der Waals surface area contributed by atoms with E-state index in [4.69, 9.17) is 4.74 Å². The summed E-state index contributed by atoms with van der Waals surface area (Å²) in [6.07, 6.45) is 0. The second-order valence-corrected chi connectivity index (χ2v) is 5.42. The van der Waals surface area contributed by atoms with Crippen molar-refractivity contribution in [2.24, 2.45) is 4.99 Å². The summed E-state index contributed by atoms with van der Waals surface area (Å²) in [6.45, 7) is 9.52. The number of hydrogen-bond donors (Lipinski definition) is 1. The number of nitrogens with one attached hydrogen (secondary N) is 1. The average molecular weight is 304 g/mol. The highest BCUT2D eigenvalue weighted by molar-refractivity contribution is 5.79. The Kier molecular flexibility index (Phi) is 7.19. The molecule has 1 aromatic carbocycles. The number of aliphatic imine (C=N–C) groups is 1. The Labute approximate surface area is 134 Å². The van der Waals surface area contributed by atoms with Crippen molar-refractivity contribution >= 4 is 5.96 Å². The van der Waals surface area contributed by atoms with Crippen molar-refractivity contribution < 1.29 is 4.74 Å². The summed E-state index contributed by atoms with van der Waals surface area (Å²) in [6, 6.07) is 10.7. The molecule has 1 saturated heterocycles. The summed E-state index contributed by atoms with van der Waals surface area (Å²) in [5.74, 6) is 0.985. The maximum atomic E-state index is 5.35. The lowest BCUT2D eigenvalue weighted by atomic mass is 10.2. The molecule has 1 aliphatic rings. The van der Waals surface area contributed by atoms with Crippen LogP contribution in [0, 0.1) is 0 Å². The van der Waals surface area contributed by atoms with Gasteiger partial charge in [-0.15, -0.1) is 0 Å². The lowest BCUT2D eigenvalue weighted by Crippen LogP contribution is -2.52. The highest BCUT2D eigenvalue weighted by atomic mass is 16.5. The molecular weight excluding hydrogens is 276 g/mol. The van der Waals surface area contributed by atoms with Crippen molar-refractivity contribution in [3.05, 3.63) is 35.9 Å². The normalized spacial score (nSPS) is 16.8. The van der Waals surface area contributed by atoms with Crippen LogP contribution in [0.3, 0.4) is 0 Å². The van der Waals surface area contributed by atoms with E-state index in [0.29, 0.717) is 0 Å². The van der Waals surface area contributed by atoms with Gasteiger partial charge in [-0.1, -0.05) is 30.3 Å². The third-order valence-corrected chi connectivity index (χ3v) is 3.87. The van der Waals surface area contributed by atoms with Gasteiger partial charge in [-0.3, -0.25) is 9.89 Å². The van der Waals surface area contributed by atoms with E-state index in [2.05, 4.69) is 50.4 Å². The average Bonchev–Trinajstić information content (AvgIpc) is 2.57. The monoisotopic (exact) mass is 304 g/mol. The van der Waals surface area contributed by atoms with Gasteiger partial charge in [0.25, 0.3) is 0 Å². The third kappa shape index (κ3) is 5.31. The second kappa shape index (κ2) is 9.43. The fourth-order valence-electron chi connectivity index (χ4n) is 2.67. The van der Waals surface area contributed by atoms with E-state index < -0.39 is 0 Å². The maximum Gasteiger partial charge on any atom is 0.193 e. The van der Waals surface area contributed by atoms with Crippen LogP contribution in [-0.2, 0) is 11.3 Å². The molecule has 5 heteroatoms. The Hall–Kier alpha value is -1.59. The summed E-state index contributed by atoms with van der Waals surface area (Å²) in [7, 11) is 1.85. The summed E-state index contributed by atoms with van der Waals surface area (Å²) in [5, 5.41) is 3.37. The van der Waals surface area contributed by atoms with E-state index in [1.54, 1.807) is 0 Å². The van der Waals surface area contributed by atoms with Gasteiger partial charge >= 0.3 is 0 Å². The van der Waals surface area contributed by atoms with E-state index in [-0.39, 0.29) is 0 Å². The van der Waals surface area contributed by atoms with Crippen molar-refractivity contribution in [1.29, 1.82) is 0 Å². The summed E-state index contributed by atoms with van der Waals surface area (Å²) in [5.41, 5.74) is 1.38. The van der Waals surface area contributed by atoms with Gasteiger partial charge < -0.3 is 15.0 Å². The summed E-state index contributed by atoms with van der Waals surface area (Å²) >= 11 is 0. The topological polar surface area (TPSA) is 40.1 Å². The minimum Gasteiger partial charge on any atom is -0.380 e. The summed E-state index contributed by atoms with van der Waals surface area (Å²) in [4.78, 5) is 9.20. The molecule has 0 radical (unpaired) electrons. The molecule has 0 aromatic heterocycles. The van der Waals surface area contributed by atoms with Gasteiger partial charge in [0.2, 0.25) is 0 Å². The van der Waals surface area contributed by atoms with Crippen LogP contribution < -0.4 is 5.32 Å². The number of ether oxygens (including phenoxy) is 1. The molecule has 1 aromatic rings. The lowest BCUT2D eigenvalue weighted by molar-refractivity contribution is 0.149. The minimum absolute atomic E-state index is 0.726.